The second-order valence-electron chi connectivity index (χ2n) is 6.61. The predicted octanol–water partition coefficient (Wildman–Crippen LogP) is 2.20. The zero-order valence-corrected chi connectivity index (χ0v) is 16.2. The van der Waals surface area contributed by atoms with E-state index in [2.05, 4.69) is 0 Å². The van der Waals surface area contributed by atoms with Gasteiger partial charge >= 0.3 is 5.97 Å². The Kier molecular flexibility index (Phi) is 7.12. The van der Waals surface area contributed by atoms with Gasteiger partial charge in [0.25, 0.3) is 5.91 Å². The Hall–Kier alpha value is -2.22. The van der Waals surface area contributed by atoms with Crippen LogP contribution < -0.4 is 0 Å². The highest BCUT2D eigenvalue weighted by molar-refractivity contribution is 7.91. The van der Waals surface area contributed by atoms with Crippen LogP contribution in [0.2, 0.25) is 0 Å². The predicted molar refractivity (Wildman–Crippen MR) is 100 cm³/mol. The van der Waals surface area contributed by atoms with Crippen molar-refractivity contribution in [3.05, 3.63) is 41.7 Å². The molecule has 0 aromatic heterocycles. The number of hydrogen-bond donors (Lipinski definition) is 0. The molecule has 1 aliphatic heterocycles. The summed E-state index contributed by atoms with van der Waals surface area (Å²) in [5.41, 5.74) is 0.496. The molecule has 0 saturated carbocycles. The third-order valence-corrected chi connectivity index (χ3v) is 6.30. The minimum atomic E-state index is -3.13. The van der Waals surface area contributed by atoms with Crippen molar-refractivity contribution >= 4 is 27.8 Å². The molecule has 2 rings (SSSR count). The van der Waals surface area contributed by atoms with Crippen molar-refractivity contribution in [2.24, 2.45) is 0 Å². The van der Waals surface area contributed by atoms with E-state index in [-0.39, 0.29) is 23.6 Å². The minimum Gasteiger partial charge on any atom is -0.452 e. The van der Waals surface area contributed by atoms with Gasteiger partial charge in [-0.25, -0.2) is 17.6 Å². The topological polar surface area (TPSA) is 80.8 Å². The summed E-state index contributed by atoms with van der Waals surface area (Å²) in [6.07, 6.45) is 3.57. The van der Waals surface area contributed by atoms with Gasteiger partial charge in [-0.1, -0.05) is 19.1 Å². The largest absolute Gasteiger partial charge is 0.452 e. The number of halogens is 1. The average Bonchev–Trinajstić information content (AvgIpc) is 2.97. The molecule has 0 N–H and O–H groups in total. The Labute approximate surface area is 158 Å². The summed E-state index contributed by atoms with van der Waals surface area (Å²) in [6, 6.07) is 5.16. The molecule has 0 aliphatic carbocycles. The number of esters is 1. The second kappa shape index (κ2) is 9.12. The molecule has 0 bridgehead atoms. The van der Waals surface area contributed by atoms with Gasteiger partial charge in [0.05, 0.1) is 11.5 Å². The molecule has 6 nitrogen and oxygen atoms in total. The van der Waals surface area contributed by atoms with E-state index in [4.69, 9.17) is 4.74 Å². The lowest BCUT2D eigenvalue weighted by atomic mass is 10.1. The molecule has 1 aliphatic rings. The number of amides is 1. The number of ether oxygens (including phenoxy) is 1. The van der Waals surface area contributed by atoms with Gasteiger partial charge in [-0.2, -0.15) is 0 Å². The third kappa shape index (κ3) is 6.16. The van der Waals surface area contributed by atoms with Gasteiger partial charge < -0.3 is 9.64 Å². The van der Waals surface area contributed by atoms with Crippen LogP contribution in [-0.2, 0) is 24.2 Å². The van der Waals surface area contributed by atoms with Crippen molar-refractivity contribution in [2.45, 2.75) is 38.8 Å². The fourth-order valence-electron chi connectivity index (χ4n) is 3.03. The first-order chi connectivity index (χ1) is 12.7. The Morgan fingerprint density at radius 3 is 2.74 bits per heavy atom. The van der Waals surface area contributed by atoms with Gasteiger partial charge in [-0.15, -0.1) is 0 Å². The van der Waals surface area contributed by atoms with Crippen molar-refractivity contribution in [3.63, 3.8) is 0 Å². The molecule has 8 heteroatoms. The molecule has 148 valence electrons. The van der Waals surface area contributed by atoms with Crippen molar-refractivity contribution in [1.82, 2.24) is 4.90 Å². The van der Waals surface area contributed by atoms with E-state index in [1.165, 1.54) is 29.2 Å². The van der Waals surface area contributed by atoms with Crippen molar-refractivity contribution in [3.8, 4) is 0 Å². The molecule has 1 aromatic carbocycles. The maximum Gasteiger partial charge on any atom is 0.331 e. The first-order valence-electron chi connectivity index (χ1n) is 8.84. The Bertz CT molecular complexity index is 821. The lowest BCUT2D eigenvalue weighted by Crippen LogP contribution is -2.48. The lowest BCUT2D eigenvalue weighted by Gasteiger charge is -2.33. The molecule has 0 unspecified atom stereocenters. The summed E-state index contributed by atoms with van der Waals surface area (Å²) in [5, 5.41) is 0. The molecule has 0 spiro atoms. The van der Waals surface area contributed by atoms with Gasteiger partial charge in [-0.05, 0) is 43.5 Å². The van der Waals surface area contributed by atoms with Crippen molar-refractivity contribution in [1.29, 1.82) is 0 Å². The third-order valence-electron chi connectivity index (χ3n) is 4.55. The van der Waals surface area contributed by atoms with Gasteiger partial charge in [0.15, 0.2) is 16.4 Å². The second-order valence-corrected chi connectivity index (χ2v) is 8.84. The fourth-order valence-corrected chi connectivity index (χ4v) is 4.74. The zero-order valence-electron chi connectivity index (χ0n) is 15.4. The highest BCUT2D eigenvalue weighted by Crippen LogP contribution is 2.21. The molecule has 1 amide bonds. The number of nitrogens with zero attached hydrogens (tertiary/aromatic N) is 1. The van der Waals surface area contributed by atoms with E-state index in [1.54, 1.807) is 6.07 Å². The first-order valence-corrected chi connectivity index (χ1v) is 10.7. The van der Waals surface area contributed by atoms with Gasteiger partial charge in [0, 0.05) is 18.2 Å². The number of carbonyl (C=O) groups excluding carboxylic acids is 2. The monoisotopic (exact) mass is 397 g/mol. The molecule has 1 saturated heterocycles. The van der Waals surface area contributed by atoms with Crippen LogP contribution in [0, 0.1) is 5.82 Å². The van der Waals surface area contributed by atoms with Crippen LogP contribution in [-0.4, -0.2) is 55.4 Å². The summed E-state index contributed by atoms with van der Waals surface area (Å²) in [6.45, 7) is 3.28. The molecule has 2 atom stereocenters. The molecule has 27 heavy (non-hydrogen) atoms. The van der Waals surface area contributed by atoms with Crippen LogP contribution in [0.5, 0.6) is 0 Å². The zero-order chi connectivity index (χ0) is 20.0. The quantitative estimate of drug-likeness (QED) is 0.520. The van der Waals surface area contributed by atoms with Crippen LogP contribution in [0.1, 0.15) is 32.3 Å². The van der Waals surface area contributed by atoms with E-state index in [1.807, 2.05) is 13.8 Å². The fraction of sp³-hybridized carbons (Fsp3) is 0.474. The van der Waals surface area contributed by atoms with Crippen LogP contribution in [0.15, 0.2) is 30.3 Å². The number of rotatable bonds is 7. The van der Waals surface area contributed by atoms with Crippen LogP contribution in [0.25, 0.3) is 6.08 Å². The van der Waals surface area contributed by atoms with E-state index >= 15 is 0 Å². The van der Waals surface area contributed by atoms with Crippen LogP contribution in [0.3, 0.4) is 0 Å². The maximum absolute atomic E-state index is 13.1. The van der Waals surface area contributed by atoms with Crippen molar-refractivity contribution in [2.75, 3.05) is 18.1 Å². The van der Waals surface area contributed by atoms with Crippen LogP contribution >= 0.6 is 0 Å². The highest BCUT2D eigenvalue weighted by atomic mass is 32.2. The van der Waals surface area contributed by atoms with Gasteiger partial charge in [0.1, 0.15) is 5.82 Å². The molecule has 0 radical (unpaired) electrons. The molecular formula is C19H24FNO5S. The number of carbonyl (C=O) groups is 2. The number of sulfone groups is 1. The Morgan fingerprint density at radius 2 is 2.15 bits per heavy atom. The summed E-state index contributed by atoms with van der Waals surface area (Å²) in [5.74, 6) is -1.56. The minimum absolute atomic E-state index is 0.0590. The van der Waals surface area contributed by atoms with E-state index < -0.39 is 34.1 Å². The number of hydrogen-bond acceptors (Lipinski definition) is 5. The highest BCUT2D eigenvalue weighted by Gasteiger charge is 2.36. The van der Waals surface area contributed by atoms with E-state index in [9.17, 15) is 22.4 Å². The SMILES string of the molecule is CC[C@@H](C)N(C(=O)COC(=O)/C=C/c1cccc(F)c1)[C@@H]1CCS(=O)(=O)C1. The van der Waals surface area contributed by atoms with Gasteiger partial charge in [0.2, 0.25) is 0 Å². The van der Waals surface area contributed by atoms with E-state index in [0.717, 1.165) is 6.08 Å². The molecule has 1 aromatic rings. The average molecular weight is 397 g/mol. The lowest BCUT2D eigenvalue weighted by molar-refractivity contribution is -0.150. The summed E-state index contributed by atoms with van der Waals surface area (Å²) in [7, 11) is -3.13. The summed E-state index contributed by atoms with van der Waals surface area (Å²) >= 11 is 0. The Morgan fingerprint density at radius 1 is 1.41 bits per heavy atom. The summed E-state index contributed by atoms with van der Waals surface area (Å²) < 4.78 is 41.5. The first kappa shape index (κ1) is 21.1. The molecule has 1 fully saturated rings. The normalized spacial score (nSPS) is 19.7. The standard InChI is InChI=1S/C19H24FNO5S/c1-3-14(2)21(17-9-10-27(24,25)13-17)18(22)12-26-19(23)8-7-15-5-4-6-16(20)11-15/h4-8,11,14,17H,3,9-10,12-13H2,1-2H3/b8-7+/t14-,17-/m1/s1. The maximum atomic E-state index is 13.1. The Balaban J connectivity index is 1.95. The van der Waals surface area contributed by atoms with Crippen LogP contribution in [0.4, 0.5) is 4.39 Å². The smallest absolute Gasteiger partial charge is 0.331 e. The number of benzene rings is 1. The van der Waals surface area contributed by atoms with Crippen molar-refractivity contribution < 1.29 is 27.1 Å². The molecule has 1 heterocycles. The summed E-state index contributed by atoms with van der Waals surface area (Å²) in [4.78, 5) is 25.9. The van der Waals surface area contributed by atoms with E-state index in [0.29, 0.717) is 18.4 Å². The van der Waals surface area contributed by atoms with Gasteiger partial charge in [-0.3, -0.25) is 4.79 Å². The molecular weight excluding hydrogens is 373 g/mol.